The van der Waals surface area contributed by atoms with Gasteiger partial charge in [0.2, 0.25) is 0 Å². The number of hydrogen-bond donors (Lipinski definition) is 0. The molecule has 0 amide bonds. The number of alkyl halides is 3. The van der Waals surface area contributed by atoms with Crippen LogP contribution in [0, 0.1) is 11.3 Å². The number of nitrogens with zero attached hydrogens (tertiary/aromatic N) is 1. The van der Waals surface area contributed by atoms with Crippen molar-refractivity contribution in [2.24, 2.45) is 0 Å². The summed E-state index contributed by atoms with van der Waals surface area (Å²) >= 11 is 5.09. The van der Waals surface area contributed by atoms with Crippen LogP contribution in [0.4, 0.5) is 13.2 Å². The summed E-state index contributed by atoms with van der Waals surface area (Å²) in [4.78, 5) is 10.7. The molecule has 1 aromatic carbocycles. The van der Waals surface area contributed by atoms with E-state index in [0.29, 0.717) is 5.56 Å². The minimum Gasteiger partial charge on any atom is -0.275 e. The third-order valence-electron chi connectivity index (χ3n) is 1.88. The van der Waals surface area contributed by atoms with Gasteiger partial charge in [-0.25, -0.2) is 0 Å². The lowest BCUT2D eigenvalue weighted by molar-refractivity contribution is -0.137. The SMILES string of the molecule is N#CC(=Cc1ccc(C(F)(F)F)cc1)C(=O)Cl. The van der Waals surface area contributed by atoms with E-state index in [0.717, 1.165) is 30.3 Å². The van der Waals surface area contributed by atoms with Crippen molar-refractivity contribution in [2.45, 2.75) is 6.18 Å². The van der Waals surface area contributed by atoms with Crippen LogP contribution < -0.4 is 0 Å². The van der Waals surface area contributed by atoms with E-state index in [4.69, 9.17) is 16.9 Å². The Balaban J connectivity index is 3.05. The van der Waals surface area contributed by atoms with Crippen LogP contribution in [0.2, 0.25) is 0 Å². The van der Waals surface area contributed by atoms with E-state index in [1.807, 2.05) is 0 Å². The lowest BCUT2D eigenvalue weighted by atomic mass is 10.1. The van der Waals surface area contributed by atoms with E-state index in [1.165, 1.54) is 0 Å². The van der Waals surface area contributed by atoms with Gasteiger partial charge in [-0.2, -0.15) is 18.4 Å². The van der Waals surface area contributed by atoms with Gasteiger partial charge in [0, 0.05) is 0 Å². The zero-order valence-corrected chi connectivity index (χ0v) is 9.01. The van der Waals surface area contributed by atoms with Crippen LogP contribution in [0.5, 0.6) is 0 Å². The minimum absolute atomic E-state index is 0.295. The fourth-order valence-corrected chi connectivity index (χ4v) is 1.16. The van der Waals surface area contributed by atoms with Crippen molar-refractivity contribution < 1.29 is 18.0 Å². The topological polar surface area (TPSA) is 40.9 Å². The van der Waals surface area contributed by atoms with E-state index in [9.17, 15) is 18.0 Å². The molecule has 0 saturated carbocycles. The Morgan fingerprint density at radius 1 is 1.29 bits per heavy atom. The van der Waals surface area contributed by atoms with Crippen molar-refractivity contribution in [1.82, 2.24) is 0 Å². The lowest BCUT2D eigenvalue weighted by Gasteiger charge is -2.05. The van der Waals surface area contributed by atoms with Gasteiger partial charge in [0.15, 0.2) is 0 Å². The number of allylic oxidation sites excluding steroid dienone is 1. The molecule has 1 aromatic rings. The second-order valence-corrected chi connectivity index (χ2v) is 3.41. The molecule has 0 spiro atoms. The van der Waals surface area contributed by atoms with Crippen LogP contribution in [0.1, 0.15) is 11.1 Å². The van der Waals surface area contributed by atoms with Crippen LogP contribution in [0.25, 0.3) is 6.08 Å². The molecule has 2 nitrogen and oxygen atoms in total. The third kappa shape index (κ3) is 3.61. The highest BCUT2D eigenvalue weighted by atomic mass is 35.5. The normalized spacial score (nSPS) is 12.1. The molecule has 0 aromatic heterocycles. The summed E-state index contributed by atoms with van der Waals surface area (Å²) in [6.07, 6.45) is -3.29. The van der Waals surface area contributed by atoms with Gasteiger partial charge in [-0.05, 0) is 35.4 Å². The summed E-state index contributed by atoms with van der Waals surface area (Å²) in [7, 11) is 0. The molecule has 0 fully saturated rings. The van der Waals surface area contributed by atoms with Gasteiger partial charge in [-0.1, -0.05) is 12.1 Å². The second-order valence-electron chi connectivity index (χ2n) is 3.06. The lowest BCUT2D eigenvalue weighted by Crippen LogP contribution is -2.04. The summed E-state index contributed by atoms with van der Waals surface area (Å²) in [6, 6.07) is 5.58. The average Bonchev–Trinajstić information content (AvgIpc) is 2.25. The molecule has 0 unspecified atom stereocenters. The Kier molecular flexibility index (Phi) is 3.92. The van der Waals surface area contributed by atoms with Crippen LogP contribution in [-0.2, 0) is 11.0 Å². The minimum atomic E-state index is -4.41. The Labute approximate surface area is 99.9 Å². The van der Waals surface area contributed by atoms with Crippen LogP contribution in [0.3, 0.4) is 0 Å². The van der Waals surface area contributed by atoms with E-state index < -0.39 is 17.0 Å². The molecular formula is C11H5ClF3NO. The molecular weight excluding hydrogens is 255 g/mol. The number of carbonyl (C=O) groups is 1. The third-order valence-corrected chi connectivity index (χ3v) is 2.08. The monoisotopic (exact) mass is 259 g/mol. The van der Waals surface area contributed by atoms with Crippen molar-refractivity contribution >= 4 is 22.9 Å². The highest BCUT2D eigenvalue weighted by Gasteiger charge is 2.29. The Morgan fingerprint density at radius 2 is 1.82 bits per heavy atom. The smallest absolute Gasteiger partial charge is 0.275 e. The molecule has 0 heterocycles. The molecule has 0 aliphatic carbocycles. The summed E-state index contributed by atoms with van der Waals surface area (Å²) in [6.45, 7) is 0. The van der Waals surface area contributed by atoms with Gasteiger partial charge in [-0.3, -0.25) is 4.79 Å². The Morgan fingerprint density at radius 3 is 2.18 bits per heavy atom. The maximum absolute atomic E-state index is 12.2. The fraction of sp³-hybridized carbons (Fsp3) is 0.0909. The highest BCUT2D eigenvalue weighted by molar-refractivity contribution is 6.68. The number of halogens is 4. The quantitative estimate of drug-likeness (QED) is 0.464. The molecule has 0 aliphatic heterocycles. The van der Waals surface area contributed by atoms with Gasteiger partial charge >= 0.3 is 6.18 Å². The van der Waals surface area contributed by atoms with Crippen molar-refractivity contribution in [3.05, 3.63) is 41.0 Å². The first-order valence-corrected chi connectivity index (χ1v) is 4.71. The van der Waals surface area contributed by atoms with Crippen molar-refractivity contribution in [3.63, 3.8) is 0 Å². The summed E-state index contributed by atoms with van der Waals surface area (Å²) in [5, 5.41) is 7.59. The van der Waals surface area contributed by atoms with E-state index in [1.54, 1.807) is 6.07 Å². The van der Waals surface area contributed by atoms with Gasteiger partial charge in [0.1, 0.15) is 11.6 Å². The van der Waals surface area contributed by atoms with Gasteiger partial charge in [-0.15, -0.1) is 0 Å². The van der Waals surface area contributed by atoms with E-state index in [-0.39, 0.29) is 5.57 Å². The van der Waals surface area contributed by atoms with Crippen molar-refractivity contribution in [2.75, 3.05) is 0 Å². The maximum Gasteiger partial charge on any atom is 0.416 e. The number of rotatable bonds is 2. The van der Waals surface area contributed by atoms with Gasteiger partial charge in [0.05, 0.1) is 5.56 Å². The van der Waals surface area contributed by atoms with Crippen molar-refractivity contribution in [1.29, 1.82) is 5.26 Å². The Hall–Kier alpha value is -1.80. The molecule has 6 heteroatoms. The standard InChI is InChI=1S/C11H5ClF3NO/c12-10(17)8(6-16)5-7-1-3-9(4-2-7)11(13,14)15/h1-5H. The molecule has 17 heavy (non-hydrogen) atoms. The van der Waals surface area contributed by atoms with Gasteiger partial charge in [0.25, 0.3) is 5.24 Å². The molecule has 1 rings (SSSR count). The highest BCUT2D eigenvalue weighted by Crippen LogP contribution is 2.29. The largest absolute Gasteiger partial charge is 0.416 e. The molecule has 0 atom stereocenters. The summed E-state index contributed by atoms with van der Waals surface area (Å²) < 4.78 is 36.7. The van der Waals surface area contributed by atoms with E-state index in [2.05, 4.69) is 0 Å². The predicted molar refractivity (Wildman–Crippen MR) is 55.9 cm³/mol. The molecule has 0 radical (unpaired) electrons. The predicted octanol–water partition coefficient (Wildman–Crippen LogP) is 3.38. The zero-order valence-electron chi connectivity index (χ0n) is 8.25. The van der Waals surface area contributed by atoms with Gasteiger partial charge < -0.3 is 0 Å². The Bertz CT molecular complexity index is 497. The molecule has 0 N–H and O–H groups in total. The first-order valence-electron chi connectivity index (χ1n) is 4.33. The zero-order chi connectivity index (χ0) is 13.1. The number of nitriles is 1. The number of hydrogen-bond acceptors (Lipinski definition) is 2. The second kappa shape index (κ2) is 5.02. The van der Waals surface area contributed by atoms with Crippen LogP contribution >= 0.6 is 11.6 Å². The number of benzene rings is 1. The fourth-order valence-electron chi connectivity index (χ4n) is 1.07. The summed E-state index contributed by atoms with van der Waals surface area (Å²) in [5.41, 5.74) is -0.833. The molecule has 88 valence electrons. The molecule has 0 aliphatic rings. The summed E-state index contributed by atoms with van der Waals surface area (Å²) in [5.74, 6) is 0. The van der Waals surface area contributed by atoms with Crippen LogP contribution in [-0.4, -0.2) is 5.24 Å². The first-order chi connectivity index (χ1) is 7.84. The molecule has 0 bridgehead atoms. The van der Waals surface area contributed by atoms with E-state index >= 15 is 0 Å². The average molecular weight is 260 g/mol. The first kappa shape index (κ1) is 13.3. The number of carbonyl (C=O) groups excluding carboxylic acids is 1. The molecule has 0 saturated heterocycles. The van der Waals surface area contributed by atoms with Crippen molar-refractivity contribution in [3.8, 4) is 6.07 Å². The van der Waals surface area contributed by atoms with Crippen LogP contribution in [0.15, 0.2) is 29.8 Å². The maximum atomic E-state index is 12.2.